The summed E-state index contributed by atoms with van der Waals surface area (Å²) in [4.78, 5) is 44.3. The molecule has 4 N–H and O–H groups in total. The summed E-state index contributed by atoms with van der Waals surface area (Å²) in [5.41, 5.74) is 5.22. The smallest absolute Gasteiger partial charge is 0.329 e. The summed E-state index contributed by atoms with van der Waals surface area (Å²) in [6.07, 6.45) is 3.44. The number of phenols is 2. The van der Waals surface area contributed by atoms with Crippen LogP contribution in [-0.2, 0) is 25.5 Å². The van der Waals surface area contributed by atoms with Crippen LogP contribution in [0.2, 0.25) is 0 Å². The zero-order valence-electron chi connectivity index (χ0n) is 30.9. The second-order valence-corrected chi connectivity index (χ2v) is 15.9. The van der Waals surface area contributed by atoms with E-state index in [1.54, 1.807) is 33.8 Å². The van der Waals surface area contributed by atoms with Gasteiger partial charge in [0, 0.05) is 84.2 Å². The molecule has 2 fully saturated rings. The first-order chi connectivity index (χ1) is 24.8. The number of fused-ring (bicyclic) bond motifs is 10. The minimum atomic E-state index is -1.09. The monoisotopic (exact) mass is 958 g/mol. The number of nitrogens with one attached hydrogen (secondary N) is 2. The molecule has 13 nitrogen and oxygen atoms in total. The van der Waals surface area contributed by atoms with Gasteiger partial charge in [-0.15, -0.1) is 11.8 Å². The number of likely N-dealkylation sites (N-methyl/N-ethyl adjacent to an activating group) is 1. The molecule has 6 aliphatic rings. The van der Waals surface area contributed by atoms with Crippen LogP contribution in [0.5, 0.6) is 23.0 Å². The Bertz CT molecular complexity index is 1930. The number of nitriles is 1. The molecule has 2 saturated heterocycles. The number of hydrogen-bond donors (Lipinski definition) is 4. The molecule has 0 aromatic heterocycles. The third-order valence-corrected chi connectivity index (χ3v) is 12.9. The molecule has 6 heterocycles. The number of esters is 1. The van der Waals surface area contributed by atoms with Gasteiger partial charge in [-0.3, -0.25) is 19.4 Å². The number of carbonyl (C=O) groups is 3. The van der Waals surface area contributed by atoms with E-state index in [1.165, 1.54) is 17.8 Å². The van der Waals surface area contributed by atoms with E-state index in [0.717, 1.165) is 22.3 Å². The van der Waals surface area contributed by atoms with E-state index in [1.807, 2.05) is 20.9 Å². The van der Waals surface area contributed by atoms with Crippen LogP contribution < -0.4 is 20.1 Å². The van der Waals surface area contributed by atoms with Gasteiger partial charge in [0.25, 0.3) is 0 Å². The van der Waals surface area contributed by atoms with E-state index in [9.17, 15) is 29.9 Å². The molecule has 0 aliphatic carbocycles. The number of phenolic OH excluding ortho intramolecular Hbond substituents is 2. The van der Waals surface area contributed by atoms with Gasteiger partial charge in [-0.05, 0) is 69.8 Å². The fourth-order valence-corrected chi connectivity index (χ4v) is 10.3. The first-order valence-electron chi connectivity index (χ1n) is 17.7. The summed E-state index contributed by atoms with van der Waals surface area (Å²) in [7, 11) is 1.98. The number of carbonyl (C=O) groups excluding carboxylic acids is 3. The quantitative estimate of drug-likeness (QED) is 0.254. The normalized spacial score (nSPS) is 27.8. The molecule has 2 aromatic rings. The van der Waals surface area contributed by atoms with Crippen molar-refractivity contribution in [3.05, 3.63) is 57.2 Å². The Hall–Kier alpha value is -3.01. The van der Waals surface area contributed by atoms with E-state index in [0.29, 0.717) is 34.6 Å². The van der Waals surface area contributed by atoms with Crippen molar-refractivity contribution in [2.24, 2.45) is 5.92 Å². The largest absolute Gasteiger partial charge is 0.507 e. The number of aryl methyl sites for hydroxylation is 1. The number of aromatic hydroxyl groups is 2. The molecule has 8 rings (SSSR count). The van der Waals surface area contributed by atoms with Gasteiger partial charge in [-0.2, -0.15) is 5.26 Å². The van der Waals surface area contributed by atoms with Gasteiger partial charge < -0.3 is 35.1 Å². The summed E-state index contributed by atoms with van der Waals surface area (Å²) < 4.78 is 18.0. The summed E-state index contributed by atoms with van der Waals surface area (Å²) in [6, 6.07) is 0.129. The van der Waals surface area contributed by atoms with Crippen molar-refractivity contribution in [1.29, 1.82) is 5.26 Å². The van der Waals surface area contributed by atoms with E-state index in [-0.39, 0.29) is 86.7 Å². The van der Waals surface area contributed by atoms with Gasteiger partial charge in [0.05, 0.1) is 23.4 Å². The number of nitrogens with zero attached hydrogens (tertiary/aromatic N) is 3. The van der Waals surface area contributed by atoms with Gasteiger partial charge in [0.15, 0.2) is 11.5 Å². The number of amides is 2. The summed E-state index contributed by atoms with van der Waals surface area (Å²) in [5.74, 6) is -0.738. The van der Waals surface area contributed by atoms with Gasteiger partial charge in [0.2, 0.25) is 18.6 Å². The zero-order chi connectivity index (χ0) is 37.3. The van der Waals surface area contributed by atoms with E-state index >= 15 is 0 Å². The molecular weight excluding hydrogens is 914 g/mol. The maximum absolute atomic E-state index is 13.9. The van der Waals surface area contributed by atoms with Crippen molar-refractivity contribution in [1.82, 2.24) is 20.4 Å². The van der Waals surface area contributed by atoms with Crippen LogP contribution in [0.3, 0.4) is 0 Å². The maximum atomic E-state index is 13.9. The number of thioether (sulfide) groups is 1. The molecule has 4 bridgehead atoms. The van der Waals surface area contributed by atoms with Crippen LogP contribution in [0, 0.1) is 82.1 Å². The van der Waals surface area contributed by atoms with Crippen LogP contribution in [0.4, 0.5) is 0 Å². The summed E-state index contributed by atoms with van der Waals surface area (Å²) in [6.45, 7) is 10.7. The van der Waals surface area contributed by atoms with Crippen molar-refractivity contribution in [2.45, 2.75) is 95.5 Å². The van der Waals surface area contributed by atoms with E-state index < -0.39 is 59.3 Å². The Labute approximate surface area is 349 Å². The van der Waals surface area contributed by atoms with Crippen molar-refractivity contribution in [3.8, 4) is 29.1 Å². The molecule has 0 spiro atoms. The first-order valence-corrected chi connectivity index (χ1v) is 18.7. The SMILES string of the molecule is C/C=C/C(=O)NC(C(=O)N[C@H]1CS[C@@H]2c3c(O)c(C)c4c(c3[C@H](COC1=O)N1C2[C@H]2c3c(cc(C)c(C)c3O)C[C@@H]([C@@H]1C#N)N2C)OCO4)C(C)C.[Ac]. The standard InChI is InChI=1S/C38H45N5O8S.Ac/c1-8-9-25(44)41-29(16(2)3)37(47)40-21-14-52-36-28-27(35-34(50-15-51-35)19(6)33(28)46)24(13-49-38(21)48)43-23(12-39)22-11-20-10-17(4)18(5)32(45)26(20)30(31(36)43)42(22)7;/h8-10,16,21-24,29-31,36,45-46H,11,13-15H2,1-7H3,(H,40,47)(H,41,44);/b9-8+;/t21-,22-,23-,24-,29?,30+,31?,36+;/m0./s1. The molecule has 279 valence electrons. The van der Waals surface area contributed by atoms with Crippen LogP contribution in [-0.4, -0.2) is 94.2 Å². The number of ether oxygens (including phenoxy) is 3. The van der Waals surface area contributed by atoms with Crippen molar-refractivity contribution in [3.63, 3.8) is 0 Å². The fraction of sp³-hybridized carbons (Fsp3) is 0.526. The molecular formula is C38H45AcN5O8S. The van der Waals surface area contributed by atoms with Crippen LogP contribution in [0.1, 0.15) is 77.0 Å². The Kier molecular flexibility index (Phi) is 11.4. The van der Waals surface area contributed by atoms with E-state index in [2.05, 4.69) is 32.6 Å². The Morgan fingerprint density at radius 2 is 1.77 bits per heavy atom. The third-order valence-electron chi connectivity index (χ3n) is 11.5. The summed E-state index contributed by atoms with van der Waals surface area (Å²) in [5, 5.41) is 39.8. The Balaban J connectivity index is 0.00000481. The van der Waals surface area contributed by atoms with Gasteiger partial charge in [-0.25, -0.2) is 4.79 Å². The molecule has 1 radical (unpaired) electrons. The Morgan fingerprint density at radius 3 is 2.45 bits per heavy atom. The van der Waals surface area contributed by atoms with Crippen LogP contribution in [0.25, 0.3) is 0 Å². The topological polar surface area (TPSA) is 174 Å². The minimum absolute atomic E-state index is 0. The maximum Gasteiger partial charge on any atom is 0.329 e. The molecule has 2 aromatic carbocycles. The molecule has 15 heteroatoms. The van der Waals surface area contributed by atoms with Crippen LogP contribution >= 0.6 is 11.8 Å². The second kappa shape index (κ2) is 15.3. The van der Waals surface area contributed by atoms with Gasteiger partial charge in [0.1, 0.15) is 36.2 Å². The molecule has 8 atom stereocenters. The number of rotatable bonds is 5. The van der Waals surface area contributed by atoms with Gasteiger partial charge >= 0.3 is 5.97 Å². The number of hydrogen-bond acceptors (Lipinski definition) is 12. The number of allylic oxidation sites excluding steroid dienone is 1. The third kappa shape index (κ3) is 6.40. The van der Waals surface area contributed by atoms with E-state index in [4.69, 9.17) is 14.2 Å². The molecule has 2 unspecified atom stereocenters. The number of piperazine rings is 1. The van der Waals surface area contributed by atoms with Crippen molar-refractivity contribution in [2.75, 3.05) is 26.2 Å². The molecule has 0 saturated carbocycles. The number of benzene rings is 2. The van der Waals surface area contributed by atoms with Crippen molar-refractivity contribution < 1.29 is 82.9 Å². The minimum Gasteiger partial charge on any atom is -0.507 e. The average molecular weight is 959 g/mol. The predicted molar refractivity (Wildman–Crippen MR) is 192 cm³/mol. The predicted octanol–water partition coefficient (Wildman–Crippen LogP) is 3.51. The Morgan fingerprint density at radius 1 is 1.08 bits per heavy atom. The molecule has 6 aliphatic heterocycles. The zero-order valence-corrected chi connectivity index (χ0v) is 36.5. The van der Waals surface area contributed by atoms with Crippen LogP contribution in [0.15, 0.2) is 18.2 Å². The summed E-state index contributed by atoms with van der Waals surface area (Å²) >= 11 is 1.37. The van der Waals surface area contributed by atoms with Gasteiger partial charge in [-0.1, -0.05) is 26.0 Å². The average Bonchev–Trinajstić information content (AvgIpc) is 3.60. The second-order valence-electron chi connectivity index (χ2n) is 14.7. The fourth-order valence-electron chi connectivity index (χ4n) is 8.82. The molecule has 53 heavy (non-hydrogen) atoms. The molecule has 2 amide bonds. The van der Waals surface area contributed by atoms with Crippen molar-refractivity contribution >= 4 is 29.5 Å². The first kappa shape index (κ1) is 39.7.